The molecule has 6 nitrogen and oxygen atoms in total. The molecule has 1 rings (SSSR count). The maximum Gasteiger partial charge on any atom is 0.328 e. The first-order valence-corrected chi connectivity index (χ1v) is 5.88. The lowest BCUT2D eigenvalue weighted by atomic mass is 10.2. The fourth-order valence-corrected chi connectivity index (χ4v) is 1.56. The zero-order valence-electron chi connectivity index (χ0n) is 10.9. The van der Waals surface area contributed by atoms with Gasteiger partial charge in [-0.3, -0.25) is 0 Å². The Morgan fingerprint density at radius 1 is 1.32 bits per heavy atom. The van der Waals surface area contributed by atoms with Gasteiger partial charge in [0.25, 0.3) is 0 Å². The molecule has 0 aromatic heterocycles. The zero-order valence-corrected chi connectivity index (χ0v) is 10.9. The molecule has 0 fully saturated rings. The van der Waals surface area contributed by atoms with Crippen LogP contribution in [0.4, 0.5) is 4.79 Å². The minimum Gasteiger partial charge on any atom is -0.480 e. The van der Waals surface area contributed by atoms with Crippen LogP contribution in [0.15, 0.2) is 30.3 Å². The Balaban J connectivity index is 2.60. The summed E-state index contributed by atoms with van der Waals surface area (Å²) >= 11 is 0. The van der Waals surface area contributed by atoms with Crippen molar-refractivity contribution >= 4 is 12.0 Å². The van der Waals surface area contributed by atoms with Gasteiger partial charge in [-0.25, -0.2) is 9.59 Å². The van der Waals surface area contributed by atoms with E-state index in [9.17, 15) is 14.7 Å². The third-order valence-corrected chi connectivity index (χ3v) is 2.64. The summed E-state index contributed by atoms with van der Waals surface area (Å²) in [6.07, 6.45) is -1.16. The van der Waals surface area contributed by atoms with Gasteiger partial charge in [-0.15, -0.1) is 0 Å². The number of carboxylic acids is 1. The van der Waals surface area contributed by atoms with Gasteiger partial charge in [0.05, 0.1) is 6.10 Å². The highest BCUT2D eigenvalue weighted by atomic mass is 16.4. The predicted octanol–water partition coefficient (Wildman–Crippen LogP) is 0.662. The number of nitrogens with one attached hydrogen (secondary N) is 1. The van der Waals surface area contributed by atoms with Crippen LogP contribution in [0.3, 0.4) is 0 Å². The third kappa shape index (κ3) is 4.59. The van der Waals surface area contributed by atoms with Crippen molar-refractivity contribution in [1.29, 1.82) is 0 Å². The van der Waals surface area contributed by atoms with Gasteiger partial charge < -0.3 is 20.4 Å². The van der Waals surface area contributed by atoms with E-state index in [1.165, 1.54) is 11.8 Å². The molecule has 0 radical (unpaired) electrons. The Labute approximate surface area is 111 Å². The standard InChI is InChI=1S/C13H18N2O4/c1-9(16)11(12(17)18)14-13(19)15(2)8-10-6-4-3-5-7-10/h3-7,9,11,16H,8H2,1-2H3,(H,14,19)(H,17,18)/t9-,11+/m1/s1. The normalized spacial score (nSPS) is 13.4. The number of carbonyl (C=O) groups excluding carboxylic acids is 1. The number of aliphatic hydroxyl groups is 1. The first-order valence-electron chi connectivity index (χ1n) is 5.88. The summed E-state index contributed by atoms with van der Waals surface area (Å²) in [6, 6.07) is 7.47. The van der Waals surface area contributed by atoms with Crippen molar-refractivity contribution in [2.45, 2.75) is 25.6 Å². The fraction of sp³-hybridized carbons (Fsp3) is 0.385. The molecule has 1 aromatic rings. The number of urea groups is 1. The number of hydrogen-bond acceptors (Lipinski definition) is 3. The molecular weight excluding hydrogens is 248 g/mol. The third-order valence-electron chi connectivity index (χ3n) is 2.64. The summed E-state index contributed by atoms with van der Waals surface area (Å²) < 4.78 is 0. The highest BCUT2D eigenvalue weighted by Gasteiger charge is 2.26. The van der Waals surface area contributed by atoms with Crippen molar-refractivity contribution in [2.75, 3.05) is 7.05 Å². The summed E-state index contributed by atoms with van der Waals surface area (Å²) in [7, 11) is 1.56. The van der Waals surface area contributed by atoms with Crippen molar-refractivity contribution in [3.8, 4) is 0 Å². The number of carbonyl (C=O) groups is 2. The highest BCUT2D eigenvalue weighted by Crippen LogP contribution is 2.03. The number of rotatable bonds is 5. The number of aliphatic hydroxyl groups excluding tert-OH is 1. The second kappa shape index (κ2) is 6.75. The SMILES string of the molecule is C[C@@H](O)[C@H](NC(=O)N(C)Cc1ccccc1)C(=O)O. The molecule has 0 aliphatic heterocycles. The quantitative estimate of drug-likeness (QED) is 0.730. The summed E-state index contributed by atoms with van der Waals surface area (Å²) in [5, 5.41) is 20.4. The number of nitrogens with zero attached hydrogens (tertiary/aromatic N) is 1. The van der Waals surface area contributed by atoms with E-state index >= 15 is 0 Å². The van der Waals surface area contributed by atoms with E-state index in [4.69, 9.17) is 5.11 Å². The van der Waals surface area contributed by atoms with Crippen LogP contribution in [0.5, 0.6) is 0 Å². The topological polar surface area (TPSA) is 89.9 Å². The molecule has 1 aromatic carbocycles. The van der Waals surface area contributed by atoms with Crippen molar-refractivity contribution < 1.29 is 19.8 Å². The number of carboxylic acid groups (broad SMARTS) is 1. The average molecular weight is 266 g/mol. The van der Waals surface area contributed by atoms with Crippen LogP contribution in [0, 0.1) is 0 Å². The van der Waals surface area contributed by atoms with Crippen molar-refractivity contribution in [3.63, 3.8) is 0 Å². The molecule has 0 saturated carbocycles. The summed E-state index contributed by atoms with van der Waals surface area (Å²) in [6.45, 7) is 1.68. The first-order chi connectivity index (χ1) is 8.91. The van der Waals surface area contributed by atoms with Gasteiger partial charge in [0.15, 0.2) is 6.04 Å². The molecule has 0 bridgehead atoms. The molecule has 19 heavy (non-hydrogen) atoms. The van der Waals surface area contributed by atoms with Crippen LogP contribution in [0.1, 0.15) is 12.5 Å². The summed E-state index contributed by atoms with van der Waals surface area (Å²) in [4.78, 5) is 24.0. The molecule has 0 aliphatic rings. The molecule has 104 valence electrons. The van der Waals surface area contributed by atoms with E-state index in [1.54, 1.807) is 7.05 Å². The van der Waals surface area contributed by atoms with Gasteiger partial charge in [0, 0.05) is 13.6 Å². The second-order valence-electron chi connectivity index (χ2n) is 4.35. The number of hydrogen-bond donors (Lipinski definition) is 3. The number of benzene rings is 1. The van der Waals surface area contributed by atoms with E-state index < -0.39 is 24.1 Å². The lowest BCUT2D eigenvalue weighted by Crippen LogP contribution is -2.51. The molecule has 0 heterocycles. The van der Waals surface area contributed by atoms with Gasteiger partial charge in [0.2, 0.25) is 0 Å². The molecule has 2 atom stereocenters. The van der Waals surface area contributed by atoms with Gasteiger partial charge in [-0.2, -0.15) is 0 Å². The largest absolute Gasteiger partial charge is 0.480 e. The van der Waals surface area contributed by atoms with Gasteiger partial charge in [-0.1, -0.05) is 30.3 Å². The van der Waals surface area contributed by atoms with Crippen molar-refractivity contribution in [3.05, 3.63) is 35.9 Å². The van der Waals surface area contributed by atoms with Crippen LogP contribution in [0.2, 0.25) is 0 Å². The van der Waals surface area contributed by atoms with Crippen LogP contribution >= 0.6 is 0 Å². The van der Waals surface area contributed by atoms with E-state index in [2.05, 4.69) is 5.32 Å². The number of aliphatic carboxylic acids is 1. The van der Waals surface area contributed by atoms with Gasteiger partial charge >= 0.3 is 12.0 Å². The highest BCUT2D eigenvalue weighted by molar-refractivity contribution is 5.82. The zero-order chi connectivity index (χ0) is 14.4. The molecule has 0 unspecified atom stereocenters. The fourth-order valence-electron chi connectivity index (χ4n) is 1.56. The maximum absolute atomic E-state index is 11.8. The molecule has 0 saturated heterocycles. The maximum atomic E-state index is 11.8. The summed E-state index contributed by atoms with van der Waals surface area (Å²) in [5.41, 5.74) is 0.934. The van der Waals surface area contributed by atoms with Gasteiger partial charge in [0.1, 0.15) is 0 Å². The van der Waals surface area contributed by atoms with Crippen LogP contribution in [-0.2, 0) is 11.3 Å². The molecule has 3 N–H and O–H groups in total. The molecule has 0 spiro atoms. The smallest absolute Gasteiger partial charge is 0.328 e. The average Bonchev–Trinajstić information content (AvgIpc) is 2.35. The van der Waals surface area contributed by atoms with Crippen molar-refractivity contribution in [2.24, 2.45) is 0 Å². The minimum absolute atomic E-state index is 0.360. The lowest BCUT2D eigenvalue weighted by molar-refractivity contribution is -0.141. The minimum atomic E-state index is -1.31. The van der Waals surface area contributed by atoms with Crippen LogP contribution in [0.25, 0.3) is 0 Å². The molecule has 0 aliphatic carbocycles. The van der Waals surface area contributed by atoms with E-state index in [1.807, 2.05) is 30.3 Å². The monoisotopic (exact) mass is 266 g/mol. The van der Waals surface area contributed by atoms with Crippen LogP contribution < -0.4 is 5.32 Å². The van der Waals surface area contributed by atoms with E-state index in [-0.39, 0.29) is 0 Å². The molecular formula is C13H18N2O4. The van der Waals surface area contributed by atoms with Crippen molar-refractivity contribution in [1.82, 2.24) is 10.2 Å². The Hall–Kier alpha value is -2.08. The Bertz CT molecular complexity index is 434. The predicted molar refractivity (Wildman–Crippen MR) is 69.5 cm³/mol. The molecule has 6 heteroatoms. The second-order valence-corrected chi connectivity index (χ2v) is 4.35. The Morgan fingerprint density at radius 3 is 2.37 bits per heavy atom. The number of amides is 2. The summed E-state index contributed by atoms with van der Waals surface area (Å²) in [5.74, 6) is -1.27. The van der Waals surface area contributed by atoms with Crippen LogP contribution in [-0.4, -0.2) is 46.3 Å². The Morgan fingerprint density at radius 2 is 1.89 bits per heavy atom. The van der Waals surface area contributed by atoms with E-state index in [0.29, 0.717) is 6.54 Å². The van der Waals surface area contributed by atoms with Gasteiger partial charge in [-0.05, 0) is 12.5 Å². The lowest BCUT2D eigenvalue weighted by Gasteiger charge is -2.22. The molecule has 2 amide bonds. The first kappa shape index (κ1) is 15.0. The Kier molecular flexibility index (Phi) is 5.32. The van der Waals surface area contributed by atoms with E-state index in [0.717, 1.165) is 5.56 Å².